The molecule has 5 nitrogen and oxygen atoms in total. The number of hydrogen-bond acceptors (Lipinski definition) is 5. The minimum Gasteiger partial charge on any atom is -0.493 e. The maximum absolute atomic E-state index is 9.30. The molecule has 1 aromatic carbocycles. The second-order valence-electron chi connectivity index (χ2n) is 4.96. The van der Waals surface area contributed by atoms with Crippen LogP contribution in [0.4, 0.5) is 0 Å². The number of aliphatic hydroxyl groups is 1. The van der Waals surface area contributed by atoms with Crippen molar-refractivity contribution in [2.45, 2.75) is 19.0 Å². The number of nitrogens with two attached hydrogens (primary N) is 1. The lowest BCUT2D eigenvalue weighted by Crippen LogP contribution is -2.47. The Balaban J connectivity index is 1.73. The summed E-state index contributed by atoms with van der Waals surface area (Å²) in [5, 5.41) is 9.30. The SMILES string of the molecule is NCc1ccccc1OCCCN1CCOCC1CO. The fraction of sp³-hybridized carbons (Fsp3) is 0.600. The van der Waals surface area contributed by atoms with Gasteiger partial charge in [0.15, 0.2) is 0 Å². The van der Waals surface area contributed by atoms with Crippen LogP contribution in [-0.4, -0.2) is 55.6 Å². The molecule has 5 heteroatoms. The molecule has 0 bridgehead atoms. The maximum atomic E-state index is 9.30. The Kier molecular flexibility index (Phi) is 6.26. The van der Waals surface area contributed by atoms with Gasteiger partial charge in [-0.15, -0.1) is 0 Å². The van der Waals surface area contributed by atoms with E-state index in [-0.39, 0.29) is 12.6 Å². The first-order valence-corrected chi connectivity index (χ1v) is 7.18. The largest absolute Gasteiger partial charge is 0.493 e. The second-order valence-corrected chi connectivity index (χ2v) is 4.96. The molecule has 0 aliphatic carbocycles. The molecule has 1 aliphatic heterocycles. The molecule has 1 unspecified atom stereocenters. The Morgan fingerprint density at radius 2 is 2.25 bits per heavy atom. The second kappa shape index (κ2) is 8.21. The molecular formula is C15H24N2O3. The smallest absolute Gasteiger partial charge is 0.123 e. The molecule has 0 amide bonds. The van der Waals surface area contributed by atoms with E-state index in [9.17, 15) is 5.11 Å². The van der Waals surface area contributed by atoms with E-state index in [4.69, 9.17) is 15.2 Å². The number of nitrogens with zero attached hydrogens (tertiary/aromatic N) is 1. The maximum Gasteiger partial charge on any atom is 0.123 e. The van der Waals surface area contributed by atoms with Crippen LogP contribution in [-0.2, 0) is 11.3 Å². The number of morpholine rings is 1. The average Bonchev–Trinajstić information content (AvgIpc) is 2.52. The number of hydrogen-bond donors (Lipinski definition) is 2. The summed E-state index contributed by atoms with van der Waals surface area (Å²) < 4.78 is 11.1. The first kappa shape index (κ1) is 15.3. The molecule has 1 fully saturated rings. The highest BCUT2D eigenvalue weighted by Crippen LogP contribution is 2.17. The number of para-hydroxylation sites is 1. The fourth-order valence-corrected chi connectivity index (χ4v) is 2.41. The highest BCUT2D eigenvalue weighted by atomic mass is 16.5. The summed E-state index contributed by atoms with van der Waals surface area (Å²) in [6.45, 7) is 4.46. The van der Waals surface area contributed by atoms with Gasteiger partial charge in [0.2, 0.25) is 0 Å². The Morgan fingerprint density at radius 3 is 3.05 bits per heavy atom. The van der Waals surface area contributed by atoms with Crippen molar-refractivity contribution in [3.63, 3.8) is 0 Å². The van der Waals surface area contributed by atoms with Gasteiger partial charge in [-0.25, -0.2) is 0 Å². The average molecular weight is 280 g/mol. The van der Waals surface area contributed by atoms with Crippen LogP contribution in [0.5, 0.6) is 5.75 Å². The topological polar surface area (TPSA) is 68.0 Å². The van der Waals surface area contributed by atoms with Crippen molar-refractivity contribution in [3.05, 3.63) is 29.8 Å². The monoisotopic (exact) mass is 280 g/mol. The first-order valence-electron chi connectivity index (χ1n) is 7.18. The van der Waals surface area contributed by atoms with Crippen molar-refractivity contribution in [2.75, 3.05) is 39.5 Å². The minimum atomic E-state index is 0.125. The van der Waals surface area contributed by atoms with E-state index < -0.39 is 0 Å². The summed E-state index contributed by atoms with van der Waals surface area (Å²) in [5.41, 5.74) is 6.71. The molecule has 1 heterocycles. The van der Waals surface area contributed by atoms with E-state index >= 15 is 0 Å². The van der Waals surface area contributed by atoms with Crippen LogP contribution in [0, 0.1) is 0 Å². The van der Waals surface area contributed by atoms with E-state index in [1.165, 1.54) is 0 Å². The lowest BCUT2D eigenvalue weighted by Gasteiger charge is -2.34. The Labute approximate surface area is 120 Å². The summed E-state index contributed by atoms with van der Waals surface area (Å²) in [6, 6.07) is 7.99. The van der Waals surface area contributed by atoms with Gasteiger partial charge in [0.25, 0.3) is 0 Å². The summed E-state index contributed by atoms with van der Waals surface area (Å²) in [7, 11) is 0. The zero-order chi connectivity index (χ0) is 14.2. The van der Waals surface area contributed by atoms with Gasteiger partial charge < -0.3 is 20.3 Å². The Morgan fingerprint density at radius 1 is 1.40 bits per heavy atom. The standard InChI is InChI=1S/C15H24N2O3/c16-10-13-4-1-2-5-15(13)20-8-3-6-17-7-9-19-12-14(17)11-18/h1-2,4-5,14,18H,3,6-12,16H2. The van der Waals surface area contributed by atoms with Crippen LogP contribution in [0.3, 0.4) is 0 Å². The van der Waals surface area contributed by atoms with E-state index in [2.05, 4.69) is 4.90 Å². The normalized spacial score (nSPS) is 20.0. The Hall–Kier alpha value is -1.14. The van der Waals surface area contributed by atoms with Gasteiger partial charge in [-0.3, -0.25) is 4.90 Å². The highest BCUT2D eigenvalue weighted by Gasteiger charge is 2.21. The summed E-state index contributed by atoms with van der Waals surface area (Å²) in [6.07, 6.45) is 0.926. The van der Waals surface area contributed by atoms with Crippen LogP contribution >= 0.6 is 0 Å². The molecule has 0 aromatic heterocycles. The molecule has 112 valence electrons. The number of aliphatic hydroxyl groups excluding tert-OH is 1. The summed E-state index contributed by atoms with van der Waals surface area (Å²) in [4.78, 5) is 2.27. The highest BCUT2D eigenvalue weighted by molar-refractivity contribution is 5.32. The van der Waals surface area contributed by atoms with Gasteiger partial charge in [0, 0.05) is 25.2 Å². The molecular weight excluding hydrogens is 256 g/mol. The van der Waals surface area contributed by atoms with Crippen molar-refractivity contribution in [1.29, 1.82) is 0 Å². The van der Waals surface area contributed by atoms with Crippen molar-refractivity contribution < 1.29 is 14.6 Å². The van der Waals surface area contributed by atoms with Crippen molar-refractivity contribution in [2.24, 2.45) is 5.73 Å². The minimum absolute atomic E-state index is 0.125. The Bertz CT molecular complexity index is 400. The third-order valence-corrected chi connectivity index (χ3v) is 3.60. The molecule has 1 atom stereocenters. The molecule has 2 rings (SSSR count). The lowest BCUT2D eigenvalue weighted by molar-refractivity contribution is -0.0287. The third-order valence-electron chi connectivity index (χ3n) is 3.60. The van der Waals surface area contributed by atoms with Crippen molar-refractivity contribution in [1.82, 2.24) is 4.90 Å². The third kappa shape index (κ3) is 4.18. The number of benzene rings is 1. The predicted molar refractivity (Wildman–Crippen MR) is 77.7 cm³/mol. The number of ether oxygens (including phenoxy) is 2. The fourth-order valence-electron chi connectivity index (χ4n) is 2.41. The molecule has 20 heavy (non-hydrogen) atoms. The van der Waals surface area contributed by atoms with E-state index in [0.717, 1.165) is 37.4 Å². The molecule has 1 aliphatic rings. The summed E-state index contributed by atoms with van der Waals surface area (Å²) >= 11 is 0. The van der Waals surface area contributed by atoms with Gasteiger partial charge in [-0.05, 0) is 12.5 Å². The van der Waals surface area contributed by atoms with E-state index in [0.29, 0.717) is 19.8 Å². The van der Waals surface area contributed by atoms with Crippen LogP contribution in [0.25, 0.3) is 0 Å². The molecule has 1 saturated heterocycles. The van der Waals surface area contributed by atoms with Crippen LogP contribution in [0.15, 0.2) is 24.3 Å². The van der Waals surface area contributed by atoms with Crippen molar-refractivity contribution in [3.8, 4) is 5.75 Å². The predicted octanol–water partition coefficient (Wildman–Crippen LogP) is 0.607. The first-order chi connectivity index (χ1) is 9.85. The van der Waals surface area contributed by atoms with Crippen LogP contribution in [0.2, 0.25) is 0 Å². The molecule has 3 N–H and O–H groups in total. The van der Waals surface area contributed by atoms with E-state index in [1.807, 2.05) is 24.3 Å². The van der Waals surface area contributed by atoms with Crippen LogP contribution < -0.4 is 10.5 Å². The van der Waals surface area contributed by atoms with E-state index in [1.54, 1.807) is 0 Å². The van der Waals surface area contributed by atoms with Gasteiger partial charge in [-0.2, -0.15) is 0 Å². The van der Waals surface area contributed by atoms with Gasteiger partial charge in [-0.1, -0.05) is 18.2 Å². The number of rotatable bonds is 7. The zero-order valence-electron chi connectivity index (χ0n) is 11.8. The molecule has 0 radical (unpaired) electrons. The summed E-state index contributed by atoms with van der Waals surface area (Å²) in [5.74, 6) is 0.871. The quantitative estimate of drug-likeness (QED) is 0.716. The lowest BCUT2D eigenvalue weighted by atomic mass is 10.2. The van der Waals surface area contributed by atoms with Gasteiger partial charge >= 0.3 is 0 Å². The zero-order valence-corrected chi connectivity index (χ0v) is 11.8. The molecule has 1 aromatic rings. The van der Waals surface area contributed by atoms with Gasteiger partial charge in [0.1, 0.15) is 5.75 Å². The van der Waals surface area contributed by atoms with Gasteiger partial charge in [0.05, 0.1) is 32.5 Å². The molecule has 0 spiro atoms. The van der Waals surface area contributed by atoms with Crippen LogP contribution in [0.1, 0.15) is 12.0 Å². The van der Waals surface area contributed by atoms with Crippen molar-refractivity contribution >= 4 is 0 Å². The molecule has 0 saturated carbocycles.